The molecule has 6 heteroatoms. The van der Waals surface area contributed by atoms with Gasteiger partial charge in [-0.15, -0.1) is 0 Å². The second-order valence-electron chi connectivity index (χ2n) is 4.20. The maximum atomic E-state index is 13.5. The fraction of sp³-hybridized carbons (Fsp3) is 0.500. The molecule has 1 N–H and O–H groups in total. The first-order chi connectivity index (χ1) is 8.29. The third kappa shape index (κ3) is 5.01. The molecule has 0 aliphatic carbocycles. The number of aliphatic hydroxyl groups excluding tert-OH is 1. The minimum Gasteiger partial charge on any atom is -0.490 e. The van der Waals surface area contributed by atoms with Gasteiger partial charge in [0.2, 0.25) is 0 Å². The van der Waals surface area contributed by atoms with E-state index in [1.54, 1.807) is 13.0 Å². The van der Waals surface area contributed by atoms with E-state index < -0.39 is 21.8 Å². The molecule has 1 rings (SSSR count). The smallest absolute Gasteiger partial charge is 0.165 e. The van der Waals surface area contributed by atoms with E-state index in [-0.39, 0.29) is 18.1 Å². The van der Waals surface area contributed by atoms with E-state index in [9.17, 15) is 17.9 Å². The standard InChI is InChI=1S/C12H17FO4S/c1-9(14)10-4-5-12(11(13)8-10)17-6-3-7-18(2,15)16/h4-5,8-9,14H,3,6-7H2,1-2H3/t9-/m1/s1. The summed E-state index contributed by atoms with van der Waals surface area (Å²) in [5.41, 5.74) is 0.469. The highest BCUT2D eigenvalue weighted by Crippen LogP contribution is 2.22. The van der Waals surface area contributed by atoms with Crippen LogP contribution in [0.5, 0.6) is 5.75 Å². The number of rotatable bonds is 6. The number of halogens is 1. The van der Waals surface area contributed by atoms with Crippen molar-refractivity contribution in [2.75, 3.05) is 18.6 Å². The zero-order chi connectivity index (χ0) is 13.8. The highest BCUT2D eigenvalue weighted by molar-refractivity contribution is 7.90. The van der Waals surface area contributed by atoms with Crippen molar-refractivity contribution >= 4 is 9.84 Å². The van der Waals surface area contributed by atoms with Crippen LogP contribution in [0, 0.1) is 5.82 Å². The molecule has 0 amide bonds. The van der Waals surface area contributed by atoms with Crippen LogP contribution in [-0.2, 0) is 9.84 Å². The number of aliphatic hydroxyl groups is 1. The van der Waals surface area contributed by atoms with Gasteiger partial charge in [-0.1, -0.05) is 6.07 Å². The van der Waals surface area contributed by atoms with E-state index in [0.717, 1.165) is 6.26 Å². The predicted octanol–water partition coefficient (Wildman–Crippen LogP) is 1.69. The van der Waals surface area contributed by atoms with E-state index in [0.29, 0.717) is 12.0 Å². The molecular weight excluding hydrogens is 259 g/mol. The van der Waals surface area contributed by atoms with Gasteiger partial charge in [0.05, 0.1) is 18.5 Å². The lowest BCUT2D eigenvalue weighted by Crippen LogP contribution is -2.08. The Bertz CT molecular complexity index is 497. The van der Waals surface area contributed by atoms with Crippen LogP contribution in [0.25, 0.3) is 0 Å². The summed E-state index contributed by atoms with van der Waals surface area (Å²) in [4.78, 5) is 0. The molecule has 18 heavy (non-hydrogen) atoms. The van der Waals surface area contributed by atoms with Gasteiger partial charge in [0, 0.05) is 6.26 Å². The van der Waals surface area contributed by atoms with Gasteiger partial charge >= 0.3 is 0 Å². The van der Waals surface area contributed by atoms with Crippen molar-refractivity contribution in [3.8, 4) is 5.75 Å². The van der Waals surface area contributed by atoms with Crippen molar-refractivity contribution in [3.63, 3.8) is 0 Å². The monoisotopic (exact) mass is 276 g/mol. The van der Waals surface area contributed by atoms with Crippen LogP contribution in [0.2, 0.25) is 0 Å². The lowest BCUT2D eigenvalue weighted by Gasteiger charge is -2.09. The zero-order valence-corrected chi connectivity index (χ0v) is 11.2. The van der Waals surface area contributed by atoms with E-state index in [1.807, 2.05) is 0 Å². The van der Waals surface area contributed by atoms with Crippen LogP contribution in [0.4, 0.5) is 4.39 Å². The molecule has 0 saturated heterocycles. The summed E-state index contributed by atoms with van der Waals surface area (Å²) in [5, 5.41) is 9.27. The molecule has 0 aliphatic rings. The molecule has 0 saturated carbocycles. The maximum absolute atomic E-state index is 13.5. The first kappa shape index (κ1) is 14.9. The lowest BCUT2D eigenvalue weighted by molar-refractivity contribution is 0.198. The van der Waals surface area contributed by atoms with Gasteiger partial charge in [0.1, 0.15) is 9.84 Å². The van der Waals surface area contributed by atoms with Crippen molar-refractivity contribution in [1.82, 2.24) is 0 Å². The topological polar surface area (TPSA) is 63.6 Å². The fourth-order valence-corrected chi connectivity index (χ4v) is 2.04. The van der Waals surface area contributed by atoms with E-state index in [4.69, 9.17) is 4.74 Å². The summed E-state index contributed by atoms with van der Waals surface area (Å²) in [5.74, 6) is -0.485. The Morgan fingerprint density at radius 2 is 2.11 bits per heavy atom. The quantitative estimate of drug-likeness (QED) is 0.803. The van der Waals surface area contributed by atoms with Gasteiger partial charge in [-0.2, -0.15) is 0 Å². The molecule has 102 valence electrons. The Labute approximate surface area is 106 Å². The molecule has 0 fully saturated rings. The summed E-state index contributed by atoms with van der Waals surface area (Å²) < 4.78 is 40.4. The minimum atomic E-state index is -3.01. The highest BCUT2D eigenvalue weighted by atomic mass is 32.2. The molecule has 0 radical (unpaired) electrons. The largest absolute Gasteiger partial charge is 0.490 e. The molecule has 0 bridgehead atoms. The third-order valence-electron chi connectivity index (χ3n) is 2.36. The van der Waals surface area contributed by atoms with Gasteiger partial charge < -0.3 is 9.84 Å². The summed E-state index contributed by atoms with van der Waals surface area (Å²) in [7, 11) is -3.01. The Hall–Kier alpha value is -1.14. The van der Waals surface area contributed by atoms with Gasteiger partial charge in [-0.25, -0.2) is 12.8 Å². The van der Waals surface area contributed by atoms with Crippen molar-refractivity contribution in [2.45, 2.75) is 19.4 Å². The van der Waals surface area contributed by atoms with Gasteiger partial charge in [-0.3, -0.25) is 0 Å². The summed E-state index contributed by atoms with van der Waals surface area (Å²) >= 11 is 0. The van der Waals surface area contributed by atoms with Crippen molar-refractivity contribution in [3.05, 3.63) is 29.6 Å². The molecule has 1 atom stereocenters. The van der Waals surface area contributed by atoms with Crippen LogP contribution in [-0.4, -0.2) is 32.1 Å². The Morgan fingerprint density at radius 1 is 1.44 bits per heavy atom. The SMILES string of the molecule is C[C@@H](O)c1ccc(OCCCS(C)(=O)=O)c(F)c1. The van der Waals surface area contributed by atoms with E-state index in [2.05, 4.69) is 0 Å². The number of benzene rings is 1. The minimum absolute atomic E-state index is 0.0143. The lowest BCUT2D eigenvalue weighted by atomic mass is 10.1. The van der Waals surface area contributed by atoms with Gasteiger partial charge in [-0.05, 0) is 31.0 Å². The van der Waals surface area contributed by atoms with Crippen molar-refractivity contribution in [2.24, 2.45) is 0 Å². The first-order valence-electron chi connectivity index (χ1n) is 5.57. The van der Waals surface area contributed by atoms with Crippen LogP contribution in [0.15, 0.2) is 18.2 Å². The van der Waals surface area contributed by atoms with Gasteiger partial charge in [0.15, 0.2) is 11.6 Å². The number of hydrogen-bond acceptors (Lipinski definition) is 4. The number of ether oxygens (including phenoxy) is 1. The molecule has 0 aromatic heterocycles. The molecule has 0 aliphatic heterocycles. The van der Waals surface area contributed by atoms with Crippen LogP contribution in [0.3, 0.4) is 0 Å². The molecule has 0 heterocycles. The second kappa shape index (κ2) is 6.15. The normalized spacial score (nSPS) is 13.3. The molecule has 1 aromatic carbocycles. The Balaban J connectivity index is 2.53. The molecular formula is C12H17FO4S. The van der Waals surface area contributed by atoms with Crippen LogP contribution in [0.1, 0.15) is 25.0 Å². The average molecular weight is 276 g/mol. The summed E-state index contributed by atoms with van der Waals surface area (Å²) in [6.07, 6.45) is 0.723. The second-order valence-corrected chi connectivity index (χ2v) is 6.46. The zero-order valence-electron chi connectivity index (χ0n) is 10.4. The van der Waals surface area contributed by atoms with Crippen LogP contribution < -0.4 is 4.74 Å². The highest BCUT2D eigenvalue weighted by Gasteiger charge is 2.08. The van der Waals surface area contributed by atoms with E-state index in [1.165, 1.54) is 12.1 Å². The molecule has 0 unspecified atom stereocenters. The Morgan fingerprint density at radius 3 is 2.61 bits per heavy atom. The van der Waals surface area contributed by atoms with Gasteiger partial charge in [0.25, 0.3) is 0 Å². The van der Waals surface area contributed by atoms with Crippen molar-refractivity contribution in [1.29, 1.82) is 0 Å². The van der Waals surface area contributed by atoms with E-state index >= 15 is 0 Å². The maximum Gasteiger partial charge on any atom is 0.165 e. The predicted molar refractivity (Wildman–Crippen MR) is 66.9 cm³/mol. The number of sulfone groups is 1. The van der Waals surface area contributed by atoms with Crippen LogP contribution >= 0.6 is 0 Å². The third-order valence-corrected chi connectivity index (χ3v) is 3.39. The summed E-state index contributed by atoms with van der Waals surface area (Å²) in [6.45, 7) is 1.68. The molecule has 4 nitrogen and oxygen atoms in total. The average Bonchev–Trinajstić information content (AvgIpc) is 2.24. The van der Waals surface area contributed by atoms with Crippen molar-refractivity contribution < 1.29 is 22.7 Å². The molecule has 0 spiro atoms. The molecule has 1 aromatic rings. The number of hydrogen-bond donors (Lipinski definition) is 1. The fourth-order valence-electron chi connectivity index (χ4n) is 1.40. The Kier molecular flexibility index (Phi) is 5.10. The first-order valence-corrected chi connectivity index (χ1v) is 7.63. The summed E-state index contributed by atoms with van der Waals surface area (Å²) in [6, 6.07) is 4.20.